The van der Waals surface area contributed by atoms with E-state index >= 15 is 0 Å². The smallest absolute Gasteiger partial charge is 0.379 e. The van der Waals surface area contributed by atoms with Crippen molar-refractivity contribution in [3.05, 3.63) is 70.0 Å². The molecule has 2 aliphatic heterocycles. The highest BCUT2D eigenvalue weighted by atomic mass is 35.5. The molecule has 41 heavy (non-hydrogen) atoms. The molecule has 5 nitrogen and oxygen atoms in total. The normalized spacial score (nSPS) is 20.4. The Morgan fingerprint density at radius 2 is 1.61 bits per heavy atom. The molecule has 13 heteroatoms. The summed E-state index contributed by atoms with van der Waals surface area (Å²) in [7, 11) is 0. The summed E-state index contributed by atoms with van der Waals surface area (Å²) in [5.74, 6) is -0.374. The molecule has 2 saturated heterocycles. The molecular weight excluding hydrogens is 579 g/mol. The van der Waals surface area contributed by atoms with Crippen molar-refractivity contribution in [1.29, 1.82) is 0 Å². The van der Waals surface area contributed by atoms with Gasteiger partial charge in [0.25, 0.3) is 0 Å². The number of halogens is 8. The van der Waals surface area contributed by atoms with Gasteiger partial charge in [-0.2, -0.15) is 26.3 Å². The van der Waals surface area contributed by atoms with E-state index in [0.717, 1.165) is 30.6 Å². The lowest BCUT2D eigenvalue weighted by Crippen LogP contribution is -2.53. The Balaban J connectivity index is 0.00000462. The third-order valence-corrected chi connectivity index (χ3v) is 7.55. The van der Waals surface area contributed by atoms with Gasteiger partial charge in [-0.3, -0.25) is 4.90 Å². The minimum absolute atomic E-state index is 0. The van der Waals surface area contributed by atoms with Crippen LogP contribution in [0, 0.1) is 12.7 Å². The molecule has 1 N–H and O–H groups in total. The Kier molecular flexibility index (Phi) is 10.9. The third kappa shape index (κ3) is 8.48. The number of amides is 2. The lowest BCUT2D eigenvalue weighted by molar-refractivity contribution is -0.143. The van der Waals surface area contributed by atoms with Gasteiger partial charge in [0.05, 0.1) is 30.4 Å². The lowest BCUT2D eigenvalue weighted by atomic mass is 9.88. The maximum atomic E-state index is 13.8. The molecule has 4 rings (SSSR count). The van der Waals surface area contributed by atoms with Gasteiger partial charge in [0.1, 0.15) is 5.82 Å². The maximum Gasteiger partial charge on any atom is 0.416 e. The molecule has 2 aromatic rings. The van der Waals surface area contributed by atoms with Crippen molar-refractivity contribution in [2.24, 2.45) is 0 Å². The number of hydrogen-bond acceptors (Lipinski definition) is 3. The van der Waals surface area contributed by atoms with E-state index in [1.807, 2.05) is 0 Å². The largest absolute Gasteiger partial charge is 0.416 e. The number of likely N-dealkylation sites (tertiary alicyclic amines) is 1. The summed E-state index contributed by atoms with van der Waals surface area (Å²) in [6.07, 6.45) is -8.38. The monoisotopic (exact) mass is 611 g/mol. The van der Waals surface area contributed by atoms with Crippen LogP contribution in [0.4, 0.5) is 35.5 Å². The Bertz CT molecular complexity index is 1150. The van der Waals surface area contributed by atoms with Crippen LogP contribution in [0.3, 0.4) is 0 Å². The van der Waals surface area contributed by atoms with Crippen LogP contribution in [0.25, 0.3) is 0 Å². The first-order chi connectivity index (χ1) is 18.8. The number of carbonyl (C=O) groups excluding carboxylic acids is 1. The average Bonchev–Trinajstić information content (AvgIpc) is 2.90. The molecule has 0 saturated carbocycles. The molecule has 2 fully saturated rings. The van der Waals surface area contributed by atoms with E-state index in [0.29, 0.717) is 38.3 Å². The van der Waals surface area contributed by atoms with Crippen molar-refractivity contribution in [3.8, 4) is 0 Å². The number of hydrogen-bond donors (Lipinski definition) is 1. The number of alkyl halides is 6. The van der Waals surface area contributed by atoms with Gasteiger partial charge in [-0.25, -0.2) is 9.18 Å². The van der Waals surface area contributed by atoms with Gasteiger partial charge >= 0.3 is 18.4 Å². The Morgan fingerprint density at radius 1 is 0.976 bits per heavy atom. The summed E-state index contributed by atoms with van der Waals surface area (Å²) in [4.78, 5) is 17.3. The highest BCUT2D eigenvalue weighted by molar-refractivity contribution is 5.85. The van der Waals surface area contributed by atoms with E-state index in [-0.39, 0.29) is 67.4 Å². The summed E-state index contributed by atoms with van der Waals surface area (Å²) in [5.41, 5.74) is -1.28. The van der Waals surface area contributed by atoms with Crippen LogP contribution in [0.1, 0.15) is 53.1 Å². The maximum absolute atomic E-state index is 13.8. The second kappa shape index (κ2) is 13.6. The van der Waals surface area contributed by atoms with Gasteiger partial charge in [-0.1, -0.05) is 6.07 Å². The molecule has 2 aliphatic rings. The van der Waals surface area contributed by atoms with Crippen LogP contribution in [-0.4, -0.2) is 61.3 Å². The number of benzene rings is 2. The van der Waals surface area contributed by atoms with Crippen molar-refractivity contribution in [3.63, 3.8) is 0 Å². The molecule has 0 aliphatic carbocycles. The standard InChI is InChI=1S/C28H32F7N3O2.ClH/c1-18-13-22(29)4-5-24(18)25-17-23(37-9-11-40-12-10-37)6-8-38(25)26(39)36-7-2-3-19-14-20(27(30,31)32)16-21(15-19)28(33,34)35;/h4-5,13-16,23,25H,2-3,6-12,17H2,1H3,(H,36,39);1H/t23-,25+;/m0./s1. The van der Waals surface area contributed by atoms with Crippen molar-refractivity contribution in [2.45, 2.75) is 57.0 Å². The Morgan fingerprint density at radius 3 is 2.20 bits per heavy atom. The fraction of sp³-hybridized carbons (Fsp3) is 0.536. The zero-order valence-electron chi connectivity index (χ0n) is 22.5. The van der Waals surface area contributed by atoms with Gasteiger partial charge in [0, 0.05) is 32.2 Å². The first kappa shape index (κ1) is 32.9. The van der Waals surface area contributed by atoms with Crippen molar-refractivity contribution in [1.82, 2.24) is 15.1 Å². The second-order valence-corrected chi connectivity index (χ2v) is 10.3. The zero-order valence-corrected chi connectivity index (χ0v) is 23.3. The molecule has 0 radical (unpaired) electrons. The first-order valence-corrected chi connectivity index (χ1v) is 13.2. The SMILES string of the molecule is Cc1cc(F)ccc1[C@H]1C[C@@H](N2CCOCC2)CCN1C(=O)NCCCc1cc(C(F)(F)F)cc(C(F)(F)F)c1.Cl. The zero-order chi connectivity index (χ0) is 29.1. The van der Waals surface area contributed by atoms with E-state index in [2.05, 4.69) is 10.2 Å². The van der Waals surface area contributed by atoms with Crippen molar-refractivity contribution < 1.29 is 40.3 Å². The van der Waals surface area contributed by atoms with E-state index in [4.69, 9.17) is 4.74 Å². The first-order valence-electron chi connectivity index (χ1n) is 13.2. The fourth-order valence-electron chi connectivity index (χ4n) is 5.52. The molecule has 2 aromatic carbocycles. The Hall–Kier alpha value is -2.57. The predicted molar refractivity (Wildman–Crippen MR) is 141 cm³/mol. The number of piperidine rings is 1. The van der Waals surface area contributed by atoms with Crippen LogP contribution in [0.5, 0.6) is 0 Å². The second-order valence-electron chi connectivity index (χ2n) is 10.3. The van der Waals surface area contributed by atoms with E-state index in [9.17, 15) is 35.5 Å². The van der Waals surface area contributed by atoms with E-state index in [1.165, 1.54) is 12.1 Å². The van der Waals surface area contributed by atoms with Gasteiger partial charge in [-0.05, 0) is 79.6 Å². The van der Waals surface area contributed by atoms with E-state index in [1.54, 1.807) is 17.9 Å². The quantitative estimate of drug-likeness (QED) is 0.290. The highest BCUT2D eigenvalue weighted by Gasteiger charge is 2.38. The van der Waals surface area contributed by atoms with Gasteiger partial charge in [-0.15, -0.1) is 12.4 Å². The number of carbonyl (C=O) groups is 1. The molecule has 2 amide bonds. The topological polar surface area (TPSA) is 44.8 Å². The summed E-state index contributed by atoms with van der Waals surface area (Å²) >= 11 is 0. The van der Waals surface area contributed by atoms with E-state index < -0.39 is 23.5 Å². The van der Waals surface area contributed by atoms with Crippen LogP contribution in [-0.2, 0) is 23.5 Å². The van der Waals surface area contributed by atoms with Crippen molar-refractivity contribution >= 4 is 18.4 Å². The lowest BCUT2D eigenvalue weighted by Gasteiger charge is -2.45. The molecular formula is C28H33ClF7N3O2. The molecule has 2 atom stereocenters. The van der Waals surface area contributed by atoms with Crippen LogP contribution in [0.15, 0.2) is 36.4 Å². The predicted octanol–water partition coefficient (Wildman–Crippen LogP) is 6.77. The van der Waals surface area contributed by atoms with Crippen LogP contribution < -0.4 is 5.32 Å². The number of urea groups is 1. The summed E-state index contributed by atoms with van der Waals surface area (Å²) in [5, 5.41) is 2.77. The number of nitrogens with one attached hydrogen (secondary N) is 1. The number of morpholine rings is 1. The highest BCUT2D eigenvalue weighted by Crippen LogP contribution is 2.37. The Labute approximate surface area is 240 Å². The molecule has 0 spiro atoms. The summed E-state index contributed by atoms with van der Waals surface area (Å²) < 4.78 is 98.2. The van der Waals surface area contributed by atoms with Gasteiger partial charge < -0.3 is 15.0 Å². The number of nitrogens with zero attached hydrogens (tertiary/aromatic N) is 2. The number of ether oxygens (including phenoxy) is 1. The number of rotatable bonds is 6. The fourth-order valence-corrected chi connectivity index (χ4v) is 5.52. The van der Waals surface area contributed by atoms with Gasteiger partial charge in [0.2, 0.25) is 0 Å². The number of aryl methyl sites for hydroxylation is 2. The minimum Gasteiger partial charge on any atom is -0.379 e. The van der Waals surface area contributed by atoms with Gasteiger partial charge in [0.15, 0.2) is 0 Å². The molecule has 0 unspecified atom stereocenters. The van der Waals surface area contributed by atoms with Crippen LogP contribution >= 0.6 is 12.4 Å². The van der Waals surface area contributed by atoms with Crippen molar-refractivity contribution in [2.75, 3.05) is 39.4 Å². The third-order valence-electron chi connectivity index (χ3n) is 7.55. The van der Waals surface area contributed by atoms with Crippen LogP contribution in [0.2, 0.25) is 0 Å². The minimum atomic E-state index is -4.91. The molecule has 2 heterocycles. The molecule has 0 aromatic heterocycles. The molecule has 0 bridgehead atoms. The summed E-state index contributed by atoms with van der Waals surface area (Å²) in [6, 6.07) is 5.50. The average molecular weight is 612 g/mol. The summed E-state index contributed by atoms with van der Waals surface area (Å²) in [6.45, 7) is 5.15. The molecule has 228 valence electrons.